The molecule has 0 aliphatic carbocycles. The van der Waals surface area contributed by atoms with E-state index in [9.17, 15) is 9.18 Å². The Kier molecular flexibility index (Phi) is 5.16. The molecule has 0 spiro atoms. The highest BCUT2D eigenvalue weighted by molar-refractivity contribution is 6.32. The van der Waals surface area contributed by atoms with Gasteiger partial charge in [-0.1, -0.05) is 11.6 Å². The molecule has 21 heavy (non-hydrogen) atoms. The van der Waals surface area contributed by atoms with Crippen molar-refractivity contribution in [2.45, 2.75) is 6.42 Å². The van der Waals surface area contributed by atoms with E-state index in [0.29, 0.717) is 22.1 Å². The number of aromatic nitrogens is 1. The second-order valence-corrected chi connectivity index (χ2v) is 4.59. The van der Waals surface area contributed by atoms with Gasteiger partial charge in [-0.3, -0.25) is 9.18 Å². The molecule has 0 unspecified atom stereocenters. The minimum atomic E-state index is -0.486. The van der Waals surface area contributed by atoms with Crippen LogP contribution in [0.5, 0.6) is 5.75 Å². The van der Waals surface area contributed by atoms with Crippen molar-refractivity contribution in [3.05, 3.63) is 35.3 Å². The van der Waals surface area contributed by atoms with Crippen LogP contribution in [-0.2, 0) is 0 Å². The molecular weight excluding hydrogens is 298 g/mol. The van der Waals surface area contributed by atoms with Crippen LogP contribution in [0.1, 0.15) is 16.9 Å². The van der Waals surface area contributed by atoms with E-state index in [1.807, 2.05) is 0 Å². The number of alkyl halides is 1. The Labute approximate surface area is 126 Å². The Morgan fingerprint density at radius 3 is 3.00 bits per heavy atom. The third-order valence-corrected chi connectivity index (χ3v) is 3.09. The highest BCUT2D eigenvalue weighted by atomic mass is 35.5. The minimum Gasteiger partial charge on any atom is -0.495 e. The first-order valence-corrected chi connectivity index (χ1v) is 6.66. The molecule has 0 radical (unpaired) electrons. The standard InChI is InChI=1S/C14H14ClFN2O3/c1-20-11-4-3-9(7-10(11)15)13-12(18-8-21-13)14(19)17-6-2-5-16/h3-4,7-8H,2,5-6H2,1H3,(H,17,19)/i16-1. The lowest BCUT2D eigenvalue weighted by Gasteiger charge is -2.06. The molecular formula is C14H14ClFN2O3. The van der Waals surface area contributed by atoms with Crippen LogP contribution in [0.25, 0.3) is 11.3 Å². The van der Waals surface area contributed by atoms with Gasteiger partial charge in [0.1, 0.15) is 5.75 Å². The fourth-order valence-electron chi connectivity index (χ4n) is 1.77. The second kappa shape index (κ2) is 7.08. The summed E-state index contributed by atoms with van der Waals surface area (Å²) in [5.74, 6) is 0.408. The fraction of sp³-hybridized carbons (Fsp3) is 0.286. The Morgan fingerprint density at radius 2 is 2.33 bits per heavy atom. The number of amides is 1. The van der Waals surface area contributed by atoms with E-state index in [0.717, 1.165) is 0 Å². The van der Waals surface area contributed by atoms with Gasteiger partial charge < -0.3 is 14.5 Å². The number of nitrogens with one attached hydrogen (secondary N) is 1. The molecule has 1 N–H and O–H groups in total. The van der Waals surface area contributed by atoms with Gasteiger partial charge in [0, 0.05) is 12.1 Å². The van der Waals surface area contributed by atoms with E-state index < -0.39 is 12.6 Å². The lowest BCUT2D eigenvalue weighted by molar-refractivity contribution is 0.0948. The van der Waals surface area contributed by atoms with Gasteiger partial charge >= 0.3 is 0 Å². The van der Waals surface area contributed by atoms with Crippen LogP contribution in [0.2, 0.25) is 5.02 Å². The average Bonchev–Trinajstić information content (AvgIpc) is 2.96. The number of oxazole rings is 1. The molecule has 2 aromatic rings. The Morgan fingerprint density at radius 1 is 1.52 bits per heavy atom. The Bertz CT molecular complexity index is 630. The number of carbonyl (C=O) groups excluding carboxylic acids is 1. The number of ether oxygens (including phenoxy) is 1. The SMILES string of the molecule is COc1ccc(-c2ocnc2C(=O)NCCC[18F])cc1Cl. The zero-order chi connectivity index (χ0) is 15.2. The first-order valence-electron chi connectivity index (χ1n) is 6.29. The summed E-state index contributed by atoms with van der Waals surface area (Å²) in [5.41, 5.74) is 0.740. The summed E-state index contributed by atoms with van der Waals surface area (Å²) in [4.78, 5) is 15.9. The summed E-state index contributed by atoms with van der Waals surface area (Å²) in [6.07, 6.45) is 1.44. The Balaban J connectivity index is 2.23. The molecule has 0 bridgehead atoms. The van der Waals surface area contributed by atoms with Crippen LogP contribution in [0.15, 0.2) is 29.0 Å². The molecule has 0 aliphatic rings. The monoisotopic (exact) mass is 311 g/mol. The van der Waals surface area contributed by atoms with Crippen molar-refractivity contribution < 1.29 is 18.3 Å². The number of methoxy groups -OCH3 is 1. The van der Waals surface area contributed by atoms with Crippen LogP contribution in [0.4, 0.5) is 4.39 Å². The fourth-order valence-corrected chi connectivity index (χ4v) is 2.03. The lowest BCUT2D eigenvalue weighted by Crippen LogP contribution is -2.25. The summed E-state index contributed by atoms with van der Waals surface area (Å²) in [7, 11) is 1.51. The molecule has 0 atom stereocenters. The number of hydrogen-bond donors (Lipinski definition) is 1. The van der Waals surface area contributed by atoms with Crippen LogP contribution in [-0.4, -0.2) is 31.2 Å². The predicted molar refractivity (Wildman–Crippen MR) is 76.4 cm³/mol. The van der Waals surface area contributed by atoms with Gasteiger partial charge in [0.05, 0.1) is 18.8 Å². The molecule has 112 valence electrons. The number of halogens is 2. The molecule has 1 aromatic carbocycles. The largest absolute Gasteiger partial charge is 0.495 e. The molecule has 1 amide bonds. The van der Waals surface area contributed by atoms with Crippen molar-refractivity contribution in [1.82, 2.24) is 10.3 Å². The molecule has 0 aliphatic heterocycles. The van der Waals surface area contributed by atoms with Crippen molar-refractivity contribution in [1.29, 1.82) is 0 Å². The van der Waals surface area contributed by atoms with Crippen molar-refractivity contribution in [2.24, 2.45) is 0 Å². The van der Waals surface area contributed by atoms with E-state index in [4.69, 9.17) is 20.8 Å². The number of benzene rings is 1. The van der Waals surface area contributed by atoms with E-state index in [2.05, 4.69) is 10.3 Å². The van der Waals surface area contributed by atoms with Crippen molar-refractivity contribution in [2.75, 3.05) is 20.3 Å². The maximum atomic E-state index is 12.0. The number of carbonyl (C=O) groups is 1. The molecule has 2 rings (SSSR count). The third-order valence-electron chi connectivity index (χ3n) is 2.79. The van der Waals surface area contributed by atoms with Gasteiger partial charge in [-0.2, -0.15) is 0 Å². The van der Waals surface area contributed by atoms with E-state index in [1.165, 1.54) is 13.5 Å². The summed E-state index contributed by atoms with van der Waals surface area (Å²) in [5, 5.41) is 2.97. The highest BCUT2D eigenvalue weighted by Crippen LogP contribution is 2.31. The first-order chi connectivity index (χ1) is 10.2. The first kappa shape index (κ1) is 15.3. The zero-order valence-electron chi connectivity index (χ0n) is 11.4. The van der Waals surface area contributed by atoms with Gasteiger partial charge in [0.25, 0.3) is 5.91 Å². The van der Waals surface area contributed by atoms with Crippen LogP contribution < -0.4 is 10.1 Å². The van der Waals surface area contributed by atoms with E-state index in [1.54, 1.807) is 18.2 Å². The van der Waals surface area contributed by atoms with Gasteiger partial charge in [0.2, 0.25) is 0 Å². The maximum Gasteiger partial charge on any atom is 0.273 e. The van der Waals surface area contributed by atoms with Crippen LogP contribution in [0, 0.1) is 0 Å². The minimum absolute atomic E-state index is 0.134. The number of nitrogens with zero attached hydrogens (tertiary/aromatic N) is 1. The molecule has 1 aromatic heterocycles. The topological polar surface area (TPSA) is 64.4 Å². The van der Waals surface area contributed by atoms with Gasteiger partial charge in [-0.05, 0) is 24.6 Å². The smallest absolute Gasteiger partial charge is 0.273 e. The van der Waals surface area contributed by atoms with Crippen LogP contribution in [0.3, 0.4) is 0 Å². The van der Waals surface area contributed by atoms with Gasteiger partial charge in [-0.25, -0.2) is 4.98 Å². The van der Waals surface area contributed by atoms with Gasteiger partial charge in [-0.15, -0.1) is 0 Å². The molecule has 0 saturated carbocycles. The summed E-state index contributed by atoms with van der Waals surface area (Å²) in [6, 6.07) is 5.01. The third kappa shape index (κ3) is 3.52. The number of hydrogen-bond acceptors (Lipinski definition) is 4. The molecule has 1 heterocycles. The zero-order valence-corrected chi connectivity index (χ0v) is 12.1. The number of rotatable bonds is 6. The summed E-state index contributed by atoms with van der Waals surface area (Å²) in [6.45, 7) is -0.245. The normalized spacial score (nSPS) is 10.4. The lowest BCUT2D eigenvalue weighted by atomic mass is 10.1. The second-order valence-electron chi connectivity index (χ2n) is 4.18. The van der Waals surface area contributed by atoms with E-state index >= 15 is 0 Å². The average molecular weight is 312 g/mol. The maximum absolute atomic E-state index is 12.0. The molecule has 0 saturated heterocycles. The van der Waals surface area contributed by atoms with E-state index in [-0.39, 0.29) is 18.7 Å². The van der Waals surface area contributed by atoms with Crippen molar-refractivity contribution >= 4 is 17.5 Å². The quantitative estimate of drug-likeness (QED) is 0.833. The predicted octanol–water partition coefficient (Wildman–Crippen LogP) is 3.09. The van der Waals surface area contributed by atoms with Gasteiger partial charge in [0.15, 0.2) is 17.8 Å². The van der Waals surface area contributed by atoms with Crippen molar-refractivity contribution in [3.8, 4) is 17.1 Å². The summed E-state index contributed by atoms with van der Waals surface area (Å²) >= 11 is 6.05. The van der Waals surface area contributed by atoms with Crippen molar-refractivity contribution in [3.63, 3.8) is 0 Å². The molecule has 5 nitrogen and oxygen atoms in total. The van der Waals surface area contributed by atoms with Crippen LogP contribution >= 0.6 is 11.6 Å². The Hall–Kier alpha value is -2.08. The summed E-state index contributed by atoms with van der Waals surface area (Å²) < 4.78 is 22.4. The molecule has 0 fully saturated rings. The highest BCUT2D eigenvalue weighted by Gasteiger charge is 2.18. The molecule has 7 heteroatoms.